The molecule has 1 unspecified atom stereocenters. The third-order valence-corrected chi connectivity index (χ3v) is 8.68. The lowest BCUT2D eigenvalue weighted by atomic mass is 10.0. The number of halogens is 3. The van der Waals surface area contributed by atoms with Crippen LogP contribution in [0, 0.1) is 12.8 Å². The van der Waals surface area contributed by atoms with Crippen LogP contribution in [0.4, 0.5) is 18.0 Å². The van der Waals surface area contributed by atoms with Gasteiger partial charge in [-0.2, -0.15) is 22.9 Å². The summed E-state index contributed by atoms with van der Waals surface area (Å²) in [6, 6.07) is 12.5. The Hall–Kier alpha value is -5.40. The predicted octanol–water partition coefficient (Wildman–Crippen LogP) is 3.80. The average Bonchev–Trinajstić information content (AvgIpc) is 3.59. The molecule has 1 aliphatic heterocycles. The van der Waals surface area contributed by atoms with Crippen molar-refractivity contribution in [2.45, 2.75) is 64.0 Å². The van der Waals surface area contributed by atoms with Crippen LogP contribution < -0.4 is 14.6 Å². The maximum atomic E-state index is 13.5. The van der Waals surface area contributed by atoms with Gasteiger partial charge in [-0.1, -0.05) is 29.8 Å². The lowest BCUT2D eigenvalue weighted by molar-refractivity contribution is -0.147. The largest absolute Gasteiger partial charge is 0.511 e. The highest BCUT2D eigenvalue weighted by Crippen LogP contribution is 2.33. The second kappa shape index (κ2) is 14.8. The number of carbonyl (C=O) groups excluding carboxylic acids is 3. The summed E-state index contributed by atoms with van der Waals surface area (Å²) < 4.78 is 89.2. The van der Waals surface area contributed by atoms with Crippen LogP contribution in [0.3, 0.4) is 0 Å². The molecule has 0 radical (unpaired) electrons. The van der Waals surface area contributed by atoms with E-state index in [0.29, 0.717) is 18.7 Å². The Bertz CT molecular complexity index is 1940. The van der Waals surface area contributed by atoms with Crippen LogP contribution in [0.2, 0.25) is 0 Å². The van der Waals surface area contributed by atoms with Gasteiger partial charge < -0.3 is 19.0 Å². The Morgan fingerprint density at radius 2 is 1.67 bits per heavy atom. The van der Waals surface area contributed by atoms with Gasteiger partial charge >= 0.3 is 18.3 Å². The molecule has 1 fully saturated rings. The zero-order chi connectivity index (χ0) is 37.1. The van der Waals surface area contributed by atoms with Gasteiger partial charge in [-0.05, 0) is 51.1 Å². The van der Waals surface area contributed by atoms with Gasteiger partial charge in [0.2, 0.25) is 5.91 Å². The van der Waals surface area contributed by atoms with Crippen molar-refractivity contribution in [1.29, 1.82) is 0 Å². The number of aryl methyl sites for hydroxylation is 1. The fourth-order valence-corrected chi connectivity index (χ4v) is 5.74. The summed E-state index contributed by atoms with van der Waals surface area (Å²) in [6.07, 6.45) is -7.80. The summed E-state index contributed by atoms with van der Waals surface area (Å²) in [4.78, 5) is 42.3. The Labute approximate surface area is 289 Å². The number of sulfonamides is 1. The normalized spacial score (nSPS) is 14.2. The van der Waals surface area contributed by atoms with E-state index in [4.69, 9.17) is 23.7 Å². The summed E-state index contributed by atoms with van der Waals surface area (Å²) in [5, 5.41) is 6.40. The molecule has 4 aromatic rings. The zero-order valence-electron chi connectivity index (χ0n) is 27.8. The number of nitrogens with zero attached hydrogens (tertiary/aromatic N) is 5. The average molecular weight is 741 g/mol. The molecule has 0 aliphatic carbocycles. The van der Waals surface area contributed by atoms with Gasteiger partial charge in [0.15, 0.2) is 5.69 Å². The van der Waals surface area contributed by atoms with Crippen molar-refractivity contribution in [2.24, 2.45) is 5.92 Å². The summed E-state index contributed by atoms with van der Waals surface area (Å²) >= 11 is 0. The summed E-state index contributed by atoms with van der Waals surface area (Å²) in [7, 11) is -4.37. The van der Waals surface area contributed by atoms with Crippen LogP contribution in [0.5, 0.6) is 0 Å². The molecule has 276 valence electrons. The fourth-order valence-electron chi connectivity index (χ4n) is 4.72. The number of hydrogen-bond acceptors (Lipinski definition) is 12. The SMILES string of the molecule is Cc1ccc(-c2cc(C(F)(F)F)nn2-c2ccc(S(=O)(=O)NC(=O)CCC(=O)OCC3CN(n4on4OC(C)OC(=O)OC(C)C)C3)cc2)cc1. The molecule has 51 heavy (non-hydrogen) atoms. The molecule has 3 heterocycles. The van der Waals surface area contributed by atoms with Gasteiger partial charge in [0, 0.05) is 42.9 Å². The Morgan fingerprint density at radius 1 is 1.00 bits per heavy atom. The van der Waals surface area contributed by atoms with Crippen molar-refractivity contribution in [3.63, 3.8) is 0 Å². The molecule has 1 aliphatic rings. The molecule has 5 rings (SSSR count). The summed E-state index contributed by atoms with van der Waals surface area (Å²) in [5.74, 6) is -1.72. The molecule has 0 spiro atoms. The van der Waals surface area contributed by atoms with Crippen molar-refractivity contribution < 1.29 is 59.6 Å². The van der Waals surface area contributed by atoms with Crippen LogP contribution in [0.1, 0.15) is 44.9 Å². The highest BCUT2D eigenvalue weighted by atomic mass is 32.2. The molecule has 16 nitrogen and oxygen atoms in total. The molecular weight excluding hydrogens is 705 g/mol. The number of amides is 1. The first-order valence-electron chi connectivity index (χ1n) is 15.6. The van der Waals surface area contributed by atoms with Crippen molar-refractivity contribution in [3.8, 4) is 16.9 Å². The third kappa shape index (κ3) is 9.65. The van der Waals surface area contributed by atoms with Gasteiger partial charge in [-0.15, -0.1) is 0 Å². The maximum absolute atomic E-state index is 13.5. The predicted molar refractivity (Wildman–Crippen MR) is 169 cm³/mol. The molecule has 2 aromatic heterocycles. The summed E-state index contributed by atoms with van der Waals surface area (Å²) in [6.45, 7) is 7.57. The van der Waals surface area contributed by atoms with E-state index in [0.717, 1.165) is 33.5 Å². The second-order valence-corrected chi connectivity index (χ2v) is 13.6. The number of esters is 1. The summed E-state index contributed by atoms with van der Waals surface area (Å²) in [5.41, 5.74) is 0.548. The van der Waals surface area contributed by atoms with Crippen molar-refractivity contribution >= 4 is 28.1 Å². The number of hydrogen-bond donors (Lipinski definition) is 1. The molecule has 2 aromatic carbocycles. The van der Waals surface area contributed by atoms with E-state index in [-0.39, 0.29) is 41.3 Å². The minimum Gasteiger partial charge on any atom is -0.465 e. The van der Waals surface area contributed by atoms with Crippen molar-refractivity contribution in [3.05, 3.63) is 65.9 Å². The molecule has 1 amide bonds. The van der Waals surface area contributed by atoms with E-state index in [1.54, 1.807) is 43.1 Å². The van der Waals surface area contributed by atoms with Gasteiger partial charge in [-0.25, -0.2) is 22.6 Å². The Balaban J connectivity index is 1.06. The van der Waals surface area contributed by atoms with E-state index in [2.05, 4.69) is 5.10 Å². The number of ether oxygens (including phenoxy) is 3. The molecule has 0 bridgehead atoms. The van der Waals surface area contributed by atoms with Gasteiger partial charge in [-0.3, -0.25) is 14.6 Å². The topological polar surface area (TPSA) is 178 Å². The monoisotopic (exact) mass is 740 g/mol. The fraction of sp³-hybridized carbons (Fsp3) is 0.419. The van der Waals surface area contributed by atoms with E-state index in [1.165, 1.54) is 24.0 Å². The first kappa shape index (κ1) is 36.9. The first-order valence-corrected chi connectivity index (χ1v) is 17.1. The van der Waals surface area contributed by atoms with Crippen LogP contribution in [-0.2, 0) is 40.0 Å². The lowest BCUT2D eigenvalue weighted by Crippen LogP contribution is -2.54. The smallest absolute Gasteiger partial charge is 0.465 e. The number of nitrogens with one attached hydrogen (secondary N) is 1. The molecule has 1 atom stereocenters. The number of aromatic nitrogens is 4. The van der Waals surface area contributed by atoms with Gasteiger partial charge in [0.25, 0.3) is 16.3 Å². The molecule has 0 saturated carbocycles. The number of carbonyl (C=O) groups is 3. The van der Waals surface area contributed by atoms with E-state index < -0.39 is 52.6 Å². The number of rotatable bonds is 14. The van der Waals surface area contributed by atoms with E-state index in [9.17, 15) is 36.0 Å². The van der Waals surface area contributed by atoms with E-state index in [1.807, 2.05) is 11.6 Å². The van der Waals surface area contributed by atoms with Crippen LogP contribution in [-0.4, -0.2) is 78.3 Å². The van der Waals surface area contributed by atoms with Gasteiger partial charge in [0.05, 0.1) is 35.4 Å². The Morgan fingerprint density at radius 3 is 2.29 bits per heavy atom. The quantitative estimate of drug-likeness (QED) is 0.146. The van der Waals surface area contributed by atoms with Crippen molar-refractivity contribution in [2.75, 3.05) is 24.7 Å². The molecule has 1 N–H and O–H groups in total. The van der Waals surface area contributed by atoms with Gasteiger partial charge in [0.1, 0.15) is 5.02 Å². The van der Waals surface area contributed by atoms with E-state index >= 15 is 0 Å². The highest BCUT2D eigenvalue weighted by Gasteiger charge is 2.36. The van der Waals surface area contributed by atoms with Crippen LogP contribution in [0.25, 0.3) is 16.9 Å². The molecular formula is C31H35F3N6O10S. The lowest BCUT2D eigenvalue weighted by Gasteiger charge is -2.35. The first-order chi connectivity index (χ1) is 24.0. The molecule has 1 saturated heterocycles. The zero-order valence-corrected chi connectivity index (χ0v) is 28.6. The maximum Gasteiger partial charge on any atom is 0.511 e. The standard InChI is InChI=1S/C31H35F3N6O10S/c1-19(2)47-30(43)48-21(4)49-40-39(50-40)37-16-22(17-37)18-46-29(42)14-13-28(41)36-51(44,45)25-11-9-24(10-12-25)38-26(15-27(35-38)31(32,33)34)23-7-5-20(3)6-8-23/h5-12,15,19,21-22H,13-14,16-18H2,1-4H3,(H,36,41). The number of alkyl halides is 3. The van der Waals surface area contributed by atoms with Crippen LogP contribution >= 0.6 is 0 Å². The second-order valence-electron chi connectivity index (χ2n) is 11.9. The van der Waals surface area contributed by atoms with Crippen molar-refractivity contribution in [1.82, 2.24) is 24.5 Å². The number of benzene rings is 2. The minimum atomic E-state index is -4.71. The third-order valence-electron chi connectivity index (χ3n) is 7.29. The van der Waals surface area contributed by atoms with Crippen LogP contribution in [0.15, 0.2) is 64.1 Å². The highest BCUT2D eigenvalue weighted by molar-refractivity contribution is 7.90. The molecule has 20 heteroatoms. The minimum absolute atomic E-state index is 0.0448. The Kier molecular flexibility index (Phi) is 10.7.